The van der Waals surface area contributed by atoms with E-state index in [1.165, 1.54) is 31.5 Å². The van der Waals surface area contributed by atoms with Crippen LogP contribution in [-0.2, 0) is 19.5 Å². The third-order valence-corrected chi connectivity index (χ3v) is 4.33. The third-order valence-electron chi connectivity index (χ3n) is 4.33. The minimum atomic E-state index is -0.136. The van der Waals surface area contributed by atoms with Crippen LogP contribution in [-0.4, -0.2) is 33.9 Å². The van der Waals surface area contributed by atoms with E-state index in [0.717, 1.165) is 24.4 Å². The minimum absolute atomic E-state index is 0.136. The maximum Gasteiger partial charge on any atom is 0.254 e. The Kier molecular flexibility index (Phi) is 5.54. The van der Waals surface area contributed by atoms with Crippen LogP contribution in [0.3, 0.4) is 0 Å². The summed E-state index contributed by atoms with van der Waals surface area (Å²) in [5, 5.41) is 2.94. The van der Waals surface area contributed by atoms with Gasteiger partial charge in [0.1, 0.15) is 5.82 Å². The Balaban J connectivity index is 1.56. The summed E-state index contributed by atoms with van der Waals surface area (Å²) in [6.07, 6.45) is 6.55. The predicted molar refractivity (Wildman–Crippen MR) is 93.5 cm³/mol. The van der Waals surface area contributed by atoms with Crippen molar-refractivity contribution in [3.8, 4) is 0 Å². The Morgan fingerprint density at radius 2 is 1.88 bits per heavy atom. The Bertz CT molecular complexity index is 678. The maximum absolute atomic E-state index is 12.2. The van der Waals surface area contributed by atoms with Crippen molar-refractivity contribution in [1.29, 1.82) is 0 Å². The van der Waals surface area contributed by atoms with Crippen LogP contribution in [0.5, 0.6) is 0 Å². The lowest BCUT2D eigenvalue weighted by atomic mass is 10.1. The summed E-state index contributed by atoms with van der Waals surface area (Å²) in [6.45, 7) is 5.88. The summed E-state index contributed by atoms with van der Waals surface area (Å²) >= 11 is 0. The van der Waals surface area contributed by atoms with Crippen LogP contribution in [0.15, 0.2) is 36.7 Å². The fraction of sp³-hybridized carbons (Fsp3) is 0.421. The number of carbonyl (C=O) groups excluding carboxylic acids is 1. The molecule has 3 rings (SSSR count). The van der Waals surface area contributed by atoms with Gasteiger partial charge in [-0.05, 0) is 37.1 Å². The van der Waals surface area contributed by atoms with Crippen LogP contribution < -0.4 is 5.32 Å². The second-order valence-electron chi connectivity index (χ2n) is 6.23. The van der Waals surface area contributed by atoms with E-state index in [1.807, 2.05) is 13.0 Å². The number of hydrogen-bond acceptors (Lipinski definition) is 4. The fourth-order valence-corrected chi connectivity index (χ4v) is 2.98. The average Bonchev–Trinajstić information content (AvgIpc) is 3.13. The number of likely N-dealkylation sites (tertiary alicyclic amines) is 1. The number of nitrogens with zero attached hydrogens (tertiary/aromatic N) is 3. The third kappa shape index (κ3) is 4.38. The molecule has 1 aromatic heterocycles. The molecule has 2 aromatic rings. The van der Waals surface area contributed by atoms with Crippen molar-refractivity contribution in [2.24, 2.45) is 0 Å². The fourth-order valence-electron chi connectivity index (χ4n) is 2.98. The van der Waals surface area contributed by atoms with Gasteiger partial charge >= 0.3 is 0 Å². The zero-order chi connectivity index (χ0) is 16.8. The molecule has 1 amide bonds. The van der Waals surface area contributed by atoms with E-state index in [9.17, 15) is 4.79 Å². The molecule has 0 unspecified atom stereocenters. The number of amides is 1. The monoisotopic (exact) mass is 324 g/mol. The second kappa shape index (κ2) is 8.02. The molecule has 0 atom stereocenters. The molecule has 1 aliphatic heterocycles. The first-order valence-corrected chi connectivity index (χ1v) is 8.64. The van der Waals surface area contributed by atoms with E-state index in [4.69, 9.17) is 0 Å². The number of benzene rings is 1. The van der Waals surface area contributed by atoms with Gasteiger partial charge < -0.3 is 5.32 Å². The molecule has 1 aromatic carbocycles. The molecule has 1 aliphatic rings. The van der Waals surface area contributed by atoms with E-state index in [1.54, 1.807) is 12.4 Å². The first-order chi connectivity index (χ1) is 11.7. The molecule has 1 N–H and O–H groups in total. The van der Waals surface area contributed by atoms with Gasteiger partial charge in [0.25, 0.3) is 5.91 Å². The normalized spacial score (nSPS) is 14.7. The zero-order valence-electron chi connectivity index (χ0n) is 14.2. The van der Waals surface area contributed by atoms with E-state index in [2.05, 4.69) is 38.4 Å². The van der Waals surface area contributed by atoms with Crippen molar-refractivity contribution in [3.63, 3.8) is 0 Å². The number of aryl methyl sites for hydroxylation is 1. The summed E-state index contributed by atoms with van der Waals surface area (Å²) in [6, 6.07) is 8.44. The summed E-state index contributed by atoms with van der Waals surface area (Å²) in [5.41, 5.74) is 2.92. The highest BCUT2D eigenvalue weighted by molar-refractivity contribution is 5.93. The predicted octanol–water partition coefficient (Wildman–Crippen LogP) is 2.56. The maximum atomic E-state index is 12.2. The van der Waals surface area contributed by atoms with E-state index in [0.29, 0.717) is 12.1 Å². The van der Waals surface area contributed by atoms with Crippen molar-refractivity contribution < 1.29 is 4.79 Å². The SMILES string of the molecule is CCc1ncc(C(=O)NCc2cccc(CN3CCCC3)c2)cn1. The number of nitrogens with one attached hydrogen (secondary N) is 1. The summed E-state index contributed by atoms with van der Waals surface area (Å²) in [7, 11) is 0. The van der Waals surface area contributed by atoms with E-state index in [-0.39, 0.29) is 5.91 Å². The van der Waals surface area contributed by atoms with Gasteiger partial charge in [-0.15, -0.1) is 0 Å². The highest BCUT2D eigenvalue weighted by atomic mass is 16.1. The van der Waals surface area contributed by atoms with Crippen molar-refractivity contribution in [2.45, 2.75) is 39.3 Å². The smallest absolute Gasteiger partial charge is 0.254 e. The Hall–Kier alpha value is -2.27. The summed E-state index contributed by atoms with van der Waals surface area (Å²) < 4.78 is 0. The molecule has 5 nitrogen and oxygen atoms in total. The molecular formula is C19H24N4O. The minimum Gasteiger partial charge on any atom is -0.348 e. The lowest BCUT2D eigenvalue weighted by Crippen LogP contribution is -2.23. The number of carbonyl (C=O) groups is 1. The van der Waals surface area contributed by atoms with Gasteiger partial charge in [-0.3, -0.25) is 9.69 Å². The standard InChI is InChI=1S/C19H24N4O/c1-2-18-20-12-17(13-21-18)19(24)22-11-15-6-5-7-16(10-15)14-23-8-3-4-9-23/h5-7,10,12-13H,2-4,8-9,11,14H2,1H3,(H,22,24). The molecule has 0 radical (unpaired) electrons. The molecule has 1 fully saturated rings. The van der Waals surface area contributed by atoms with Gasteiger partial charge in [0, 0.05) is 31.9 Å². The van der Waals surface area contributed by atoms with Gasteiger partial charge in [-0.2, -0.15) is 0 Å². The highest BCUT2D eigenvalue weighted by Crippen LogP contribution is 2.14. The van der Waals surface area contributed by atoms with Crippen molar-refractivity contribution in [1.82, 2.24) is 20.2 Å². The molecule has 0 aliphatic carbocycles. The molecule has 2 heterocycles. The second-order valence-corrected chi connectivity index (χ2v) is 6.23. The lowest BCUT2D eigenvalue weighted by Gasteiger charge is -2.15. The molecule has 0 bridgehead atoms. The quantitative estimate of drug-likeness (QED) is 0.887. The largest absolute Gasteiger partial charge is 0.348 e. The van der Waals surface area contributed by atoms with Crippen LogP contribution in [0.4, 0.5) is 0 Å². The highest BCUT2D eigenvalue weighted by Gasteiger charge is 2.12. The molecule has 0 spiro atoms. The Labute approximate surface area is 143 Å². The first kappa shape index (κ1) is 16.6. The topological polar surface area (TPSA) is 58.1 Å². The van der Waals surface area contributed by atoms with Gasteiger partial charge in [0.15, 0.2) is 0 Å². The molecular weight excluding hydrogens is 300 g/mol. The summed E-state index contributed by atoms with van der Waals surface area (Å²) in [4.78, 5) is 23.0. The van der Waals surface area contributed by atoms with Crippen LogP contribution in [0.2, 0.25) is 0 Å². The van der Waals surface area contributed by atoms with Gasteiger partial charge in [0.05, 0.1) is 5.56 Å². The summed E-state index contributed by atoms with van der Waals surface area (Å²) in [5.74, 6) is 0.615. The molecule has 0 saturated carbocycles. The van der Waals surface area contributed by atoms with Gasteiger partial charge in [0.2, 0.25) is 0 Å². The first-order valence-electron chi connectivity index (χ1n) is 8.64. The molecule has 126 valence electrons. The lowest BCUT2D eigenvalue weighted by molar-refractivity contribution is 0.0950. The van der Waals surface area contributed by atoms with E-state index >= 15 is 0 Å². The zero-order valence-corrected chi connectivity index (χ0v) is 14.2. The van der Waals surface area contributed by atoms with Crippen LogP contribution in [0, 0.1) is 0 Å². The van der Waals surface area contributed by atoms with E-state index < -0.39 is 0 Å². The van der Waals surface area contributed by atoms with Crippen LogP contribution in [0.1, 0.15) is 47.1 Å². The Morgan fingerprint density at radius 3 is 2.58 bits per heavy atom. The molecule has 5 heteroatoms. The molecule has 24 heavy (non-hydrogen) atoms. The van der Waals surface area contributed by atoms with Crippen molar-refractivity contribution in [2.75, 3.05) is 13.1 Å². The van der Waals surface area contributed by atoms with Crippen molar-refractivity contribution in [3.05, 3.63) is 59.2 Å². The Morgan fingerprint density at radius 1 is 1.17 bits per heavy atom. The number of aromatic nitrogens is 2. The van der Waals surface area contributed by atoms with Crippen LogP contribution >= 0.6 is 0 Å². The average molecular weight is 324 g/mol. The number of hydrogen-bond donors (Lipinski definition) is 1. The van der Waals surface area contributed by atoms with Crippen molar-refractivity contribution >= 4 is 5.91 Å². The molecule has 1 saturated heterocycles. The van der Waals surface area contributed by atoms with Crippen LogP contribution in [0.25, 0.3) is 0 Å². The number of rotatable bonds is 6. The van der Waals surface area contributed by atoms with Gasteiger partial charge in [-0.1, -0.05) is 31.2 Å². The van der Waals surface area contributed by atoms with Gasteiger partial charge in [-0.25, -0.2) is 9.97 Å².